The summed E-state index contributed by atoms with van der Waals surface area (Å²) in [6.45, 7) is 2.12. The van der Waals surface area contributed by atoms with Gasteiger partial charge in [-0.3, -0.25) is 19.3 Å². The molecule has 14 nitrogen and oxygen atoms in total. The first kappa shape index (κ1) is 25.9. The Morgan fingerprint density at radius 3 is 2.70 bits per heavy atom. The standard InChI is InChI=1S/C21H23BN6O8S/c1-2-27-6-7-28(18(31)17(27)30)21(34)26-14(12-9-24-20(23)37-12)16(29)25-13-8-10-4-3-5-11(19(32)33)15(10)36-22(13)35/h3-5,9,13-14,35H,2,6-8H2,1H3,(H2,23,24)(H,25,29)(H,26,34)(H,32,33)/t13-,14?/m0/s1. The number of nitrogens with zero attached hydrogens (tertiary/aromatic N) is 3. The highest BCUT2D eigenvalue weighted by Crippen LogP contribution is 2.30. The highest BCUT2D eigenvalue weighted by molar-refractivity contribution is 7.15. The van der Waals surface area contributed by atoms with Gasteiger partial charge in [0.05, 0.1) is 16.4 Å². The first-order valence-electron chi connectivity index (χ1n) is 11.2. The zero-order chi connectivity index (χ0) is 26.9. The molecule has 2 aliphatic rings. The number of benzene rings is 1. The van der Waals surface area contributed by atoms with Gasteiger partial charge in [0.25, 0.3) is 0 Å². The van der Waals surface area contributed by atoms with Crippen LogP contribution in [0, 0.1) is 0 Å². The SMILES string of the molecule is CCN1CCN(C(=O)NC(C(=O)N[C@H]2Cc3cccc(C(=O)O)c3OB2O)c2cnc(N)s2)C(=O)C1=O. The molecule has 194 valence electrons. The molecule has 2 atom stereocenters. The van der Waals surface area contributed by atoms with Crippen molar-refractivity contribution in [1.29, 1.82) is 0 Å². The molecule has 0 radical (unpaired) electrons. The Labute approximate surface area is 214 Å². The van der Waals surface area contributed by atoms with Crippen molar-refractivity contribution in [3.05, 3.63) is 40.4 Å². The minimum atomic E-state index is -1.58. The number of carbonyl (C=O) groups is 5. The van der Waals surface area contributed by atoms with E-state index in [1.165, 1.54) is 23.2 Å². The molecule has 1 unspecified atom stereocenters. The summed E-state index contributed by atoms with van der Waals surface area (Å²) in [5.74, 6) is -4.84. The van der Waals surface area contributed by atoms with E-state index in [1.54, 1.807) is 13.0 Å². The van der Waals surface area contributed by atoms with E-state index in [2.05, 4.69) is 15.6 Å². The van der Waals surface area contributed by atoms with Crippen LogP contribution in [-0.2, 0) is 20.8 Å². The molecule has 0 saturated carbocycles. The number of nitrogen functional groups attached to an aromatic ring is 1. The number of piperazine rings is 1. The third-order valence-corrected chi connectivity index (χ3v) is 6.86. The van der Waals surface area contributed by atoms with Crippen molar-refractivity contribution in [2.24, 2.45) is 0 Å². The maximum absolute atomic E-state index is 13.3. The number of likely N-dealkylation sites (N-methyl/N-ethyl adjacent to an activating group) is 1. The summed E-state index contributed by atoms with van der Waals surface area (Å²) >= 11 is 0.928. The Kier molecular flexibility index (Phi) is 7.31. The van der Waals surface area contributed by atoms with Crippen LogP contribution in [0.25, 0.3) is 0 Å². The van der Waals surface area contributed by atoms with Crippen molar-refractivity contribution in [3.8, 4) is 5.75 Å². The maximum atomic E-state index is 13.3. The van der Waals surface area contributed by atoms with Crippen LogP contribution in [0.3, 0.4) is 0 Å². The summed E-state index contributed by atoms with van der Waals surface area (Å²) in [6, 6.07) is 2.13. The molecule has 1 aromatic heterocycles. The van der Waals surface area contributed by atoms with E-state index in [-0.39, 0.29) is 40.8 Å². The average Bonchev–Trinajstić information content (AvgIpc) is 3.29. The van der Waals surface area contributed by atoms with Gasteiger partial charge in [-0.05, 0) is 25.0 Å². The fourth-order valence-electron chi connectivity index (χ4n) is 4.05. The minimum Gasteiger partial charge on any atom is -0.534 e. The van der Waals surface area contributed by atoms with Crippen LogP contribution in [0.1, 0.15) is 33.8 Å². The molecule has 3 heterocycles. The quantitative estimate of drug-likeness (QED) is 0.228. The lowest BCUT2D eigenvalue weighted by Gasteiger charge is -2.33. The Balaban J connectivity index is 1.52. The number of hydrogen-bond donors (Lipinski definition) is 5. The molecule has 2 aliphatic heterocycles. The number of rotatable bonds is 6. The van der Waals surface area contributed by atoms with E-state index in [0.717, 1.165) is 16.2 Å². The number of urea groups is 1. The number of thiazole rings is 1. The second kappa shape index (κ2) is 10.4. The monoisotopic (exact) mass is 530 g/mol. The van der Waals surface area contributed by atoms with Gasteiger partial charge in [-0.1, -0.05) is 23.5 Å². The van der Waals surface area contributed by atoms with E-state index in [0.29, 0.717) is 12.1 Å². The summed E-state index contributed by atoms with van der Waals surface area (Å²) in [5, 5.41) is 25.0. The van der Waals surface area contributed by atoms with Gasteiger partial charge in [0.15, 0.2) is 5.13 Å². The molecule has 0 aliphatic carbocycles. The van der Waals surface area contributed by atoms with Gasteiger partial charge in [0, 0.05) is 25.8 Å². The number of amides is 5. The number of imide groups is 1. The van der Waals surface area contributed by atoms with Crippen molar-refractivity contribution in [2.45, 2.75) is 25.3 Å². The predicted octanol–water partition coefficient (Wildman–Crippen LogP) is -0.995. The van der Waals surface area contributed by atoms with Crippen LogP contribution in [0.2, 0.25) is 0 Å². The Morgan fingerprint density at radius 1 is 1.30 bits per heavy atom. The average molecular weight is 530 g/mol. The van der Waals surface area contributed by atoms with E-state index in [1.807, 2.05) is 0 Å². The third-order valence-electron chi connectivity index (χ3n) is 5.97. The van der Waals surface area contributed by atoms with E-state index >= 15 is 0 Å². The number of para-hydroxylation sites is 1. The third kappa shape index (κ3) is 5.19. The first-order chi connectivity index (χ1) is 17.6. The second-order valence-electron chi connectivity index (χ2n) is 8.25. The van der Waals surface area contributed by atoms with Crippen molar-refractivity contribution in [3.63, 3.8) is 0 Å². The van der Waals surface area contributed by atoms with Gasteiger partial charge >= 0.3 is 30.9 Å². The molecule has 6 N–H and O–H groups in total. The lowest BCUT2D eigenvalue weighted by atomic mass is 9.72. The molecule has 0 bridgehead atoms. The molecule has 0 spiro atoms. The fraction of sp³-hybridized carbons (Fsp3) is 0.333. The largest absolute Gasteiger partial charge is 0.547 e. The summed E-state index contributed by atoms with van der Waals surface area (Å²) < 4.78 is 5.40. The van der Waals surface area contributed by atoms with E-state index < -0.39 is 48.8 Å². The highest BCUT2D eigenvalue weighted by atomic mass is 32.1. The molecule has 16 heteroatoms. The predicted molar refractivity (Wildman–Crippen MR) is 129 cm³/mol. The number of aromatic nitrogens is 1. The number of aromatic carboxylic acids is 1. The van der Waals surface area contributed by atoms with Crippen LogP contribution in [-0.4, -0.2) is 87.3 Å². The van der Waals surface area contributed by atoms with Gasteiger partial charge in [-0.15, -0.1) is 0 Å². The topological polar surface area (TPSA) is 204 Å². The number of nitrogens with two attached hydrogens (primary N) is 1. The Bertz CT molecular complexity index is 1270. The smallest absolute Gasteiger partial charge is 0.534 e. The lowest BCUT2D eigenvalue weighted by Crippen LogP contribution is -2.60. The fourth-order valence-corrected chi connectivity index (χ4v) is 4.79. The van der Waals surface area contributed by atoms with E-state index in [9.17, 15) is 34.1 Å². The second-order valence-corrected chi connectivity index (χ2v) is 9.35. The Morgan fingerprint density at radius 2 is 2.05 bits per heavy atom. The number of carboxylic acid groups (broad SMARTS) is 1. The van der Waals surface area contributed by atoms with Crippen molar-refractivity contribution in [2.75, 3.05) is 25.4 Å². The molecule has 4 rings (SSSR count). The summed E-state index contributed by atoms with van der Waals surface area (Å²) in [5.41, 5.74) is 6.02. The molecule has 5 amide bonds. The number of anilines is 1. The van der Waals surface area contributed by atoms with Crippen LogP contribution in [0.15, 0.2) is 24.4 Å². The molecule has 1 saturated heterocycles. The van der Waals surface area contributed by atoms with Crippen LogP contribution >= 0.6 is 11.3 Å². The van der Waals surface area contributed by atoms with Gasteiger partial charge < -0.3 is 36.1 Å². The number of carboxylic acids is 1. The van der Waals surface area contributed by atoms with Crippen molar-refractivity contribution < 1.29 is 38.8 Å². The molecular formula is C21H23BN6O8S. The van der Waals surface area contributed by atoms with Crippen molar-refractivity contribution in [1.82, 2.24) is 25.4 Å². The molecular weight excluding hydrogens is 507 g/mol. The summed E-state index contributed by atoms with van der Waals surface area (Å²) in [4.78, 5) is 68.5. The van der Waals surface area contributed by atoms with Crippen LogP contribution in [0.5, 0.6) is 5.75 Å². The Hall–Kier alpha value is -4.18. The minimum absolute atomic E-state index is 0.00230. The van der Waals surface area contributed by atoms with Gasteiger partial charge in [-0.2, -0.15) is 0 Å². The first-order valence-corrected chi connectivity index (χ1v) is 12.0. The van der Waals surface area contributed by atoms with Crippen molar-refractivity contribution >= 4 is 53.3 Å². The normalized spacial score (nSPS) is 18.1. The number of fused-ring (bicyclic) bond motifs is 1. The molecule has 2 aromatic rings. The van der Waals surface area contributed by atoms with Gasteiger partial charge in [0.1, 0.15) is 11.8 Å². The summed E-state index contributed by atoms with van der Waals surface area (Å²) in [7, 11) is -1.58. The van der Waals surface area contributed by atoms with E-state index in [4.69, 9.17) is 10.4 Å². The van der Waals surface area contributed by atoms with Gasteiger partial charge in [0.2, 0.25) is 5.91 Å². The lowest BCUT2D eigenvalue weighted by molar-refractivity contribution is -0.153. The van der Waals surface area contributed by atoms with Crippen LogP contribution < -0.4 is 21.0 Å². The van der Waals surface area contributed by atoms with Gasteiger partial charge in [-0.25, -0.2) is 14.6 Å². The zero-order valence-electron chi connectivity index (χ0n) is 19.5. The number of hydrogen-bond acceptors (Lipinski definition) is 10. The molecule has 1 aromatic carbocycles. The molecule has 37 heavy (non-hydrogen) atoms. The van der Waals surface area contributed by atoms with Crippen LogP contribution in [0.4, 0.5) is 9.93 Å². The maximum Gasteiger partial charge on any atom is 0.547 e. The number of nitrogens with one attached hydrogen (secondary N) is 2. The molecule has 1 fully saturated rings. The zero-order valence-corrected chi connectivity index (χ0v) is 20.4. The number of carbonyl (C=O) groups excluding carboxylic acids is 4. The highest BCUT2D eigenvalue weighted by Gasteiger charge is 2.41. The summed E-state index contributed by atoms with van der Waals surface area (Å²) in [6.07, 6.45) is 1.33.